The number of amides is 1. The van der Waals surface area contributed by atoms with Gasteiger partial charge in [-0.15, -0.1) is 0 Å². The third kappa shape index (κ3) is 4.80. The zero-order chi connectivity index (χ0) is 16.7. The predicted molar refractivity (Wildman–Crippen MR) is 91.7 cm³/mol. The fourth-order valence-electron chi connectivity index (χ4n) is 3.21. The average molecular weight is 313 g/mol. The third-order valence-corrected chi connectivity index (χ3v) is 4.79. The molecule has 1 amide bonds. The molecular formula is C19H27N3O. The Hall–Kier alpha value is -1.86. The summed E-state index contributed by atoms with van der Waals surface area (Å²) < 4.78 is 0. The molecule has 0 atom stereocenters. The molecule has 0 saturated carbocycles. The smallest absolute Gasteiger partial charge is 0.225 e. The Bertz CT molecular complexity index is 552. The second kappa shape index (κ2) is 8.69. The summed E-state index contributed by atoms with van der Waals surface area (Å²) in [5, 5.41) is 12.5. The number of hydrogen-bond donors (Lipinski definition) is 1. The molecule has 0 spiro atoms. The van der Waals surface area contributed by atoms with Crippen molar-refractivity contribution in [3.8, 4) is 6.07 Å². The Kier molecular flexibility index (Phi) is 6.61. The second-order valence-electron chi connectivity index (χ2n) is 6.31. The number of rotatable bonds is 6. The fourth-order valence-corrected chi connectivity index (χ4v) is 3.21. The van der Waals surface area contributed by atoms with Gasteiger partial charge in [-0.05, 0) is 43.4 Å². The molecular weight excluding hydrogens is 286 g/mol. The monoisotopic (exact) mass is 313 g/mol. The maximum atomic E-state index is 12.4. The van der Waals surface area contributed by atoms with E-state index in [0.717, 1.165) is 50.9 Å². The van der Waals surface area contributed by atoms with Crippen LogP contribution in [0.25, 0.3) is 0 Å². The molecule has 1 saturated heterocycles. The van der Waals surface area contributed by atoms with E-state index in [4.69, 9.17) is 5.26 Å². The van der Waals surface area contributed by atoms with Crippen LogP contribution in [-0.4, -0.2) is 29.9 Å². The molecule has 1 heterocycles. The molecule has 0 aromatic heterocycles. The maximum absolute atomic E-state index is 12.4. The number of carbonyl (C=O) groups excluding carboxylic acids is 1. The summed E-state index contributed by atoms with van der Waals surface area (Å²) in [5.41, 5.74) is 1.84. The van der Waals surface area contributed by atoms with Crippen molar-refractivity contribution in [3.63, 3.8) is 0 Å². The van der Waals surface area contributed by atoms with Crippen LogP contribution in [0, 0.1) is 17.2 Å². The summed E-state index contributed by atoms with van der Waals surface area (Å²) >= 11 is 0. The molecule has 2 rings (SSSR count). The van der Waals surface area contributed by atoms with Gasteiger partial charge >= 0.3 is 0 Å². The number of piperidine rings is 1. The lowest BCUT2D eigenvalue weighted by Crippen LogP contribution is -2.46. The summed E-state index contributed by atoms with van der Waals surface area (Å²) in [4.78, 5) is 14.4. The van der Waals surface area contributed by atoms with E-state index in [2.05, 4.69) is 25.2 Å². The first-order valence-electron chi connectivity index (χ1n) is 8.69. The molecule has 1 aliphatic heterocycles. The molecule has 4 heteroatoms. The van der Waals surface area contributed by atoms with E-state index < -0.39 is 0 Å². The molecule has 4 nitrogen and oxygen atoms in total. The second-order valence-corrected chi connectivity index (χ2v) is 6.31. The van der Waals surface area contributed by atoms with E-state index in [-0.39, 0.29) is 5.92 Å². The Labute approximate surface area is 139 Å². The lowest BCUT2D eigenvalue weighted by molar-refractivity contribution is -0.136. The van der Waals surface area contributed by atoms with Crippen molar-refractivity contribution in [2.45, 2.75) is 52.1 Å². The van der Waals surface area contributed by atoms with E-state index in [1.807, 2.05) is 29.2 Å². The first-order chi connectivity index (χ1) is 11.2. The summed E-state index contributed by atoms with van der Waals surface area (Å²) in [6, 6.07) is 10.3. The van der Waals surface area contributed by atoms with Gasteiger partial charge in [0.25, 0.3) is 0 Å². The van der Waals surface area contributed by atoms with Crippen LogP contribution in [0.1, 0.15) is 50.7 Å². The van der Waals surface area contributed by atoms with Crippen LogP contribution >= 0.6 is 0 Å². The van der Waals surface area contributed by atoms with Crippen molar-refractivity contribution in [3.05, 3.63) is 35.4 Å². The standard InChI is InChI=1S/C19H27N3O/c1-3-17(4-2)19(23)22-10-8-18(9-11-22)21-14-16-7-5-6-15(12-16)13-20/h5-7,12,17-18,21H,3-4,8-11,14H2,1-2H3. The molecule has 1 aliphatic rings. The van der Waals surface area contributed by atoms with Gasteiger partial charge in [-0.2, -0.15) is 5.26 Å². The highest BCUT2D eigenvalue weighted by molar-refractivity contribution is 5.78. The van der Waals surface area contributed by atoms with Gasteiger partial charge < -0.3 is 10.2 Å². The van der Waals surface area contributed by atoms with E-state index in [0.29, 0.717) is 17.5 Å². The molecule has 0 radical (unpaired) electrons. The Morgan fingerprint density at radius 2 is 2.04 bits per heavy atom. The maximum Gasteiger partial charge on any atom is 0.225 e. The topological polar surface area (TPSA) is 56.1 Å². The van der Waals surface area contributed by atoms with Crippen molar-refractivity contribution in [1.29, 1.82) is 5.26 Å². The number of nitrogens with zero attached hydrogens (tertiary/aromatic N) is 2. The summed E-state index contributed by atoms with van der Waals surface area (Å²) in [6.45, 7) is 6.67. The van der Waals surface area contributed by atoms with E-state index in [1.54, 1.807) is 0 Å². The summed E-state index contributed by atoms with van der Waals surface area (Å²) in [7, 11) is 0. The van der Waals surface area contributed by atoms with E-state index >= 15 is 0 Å². The Morgan fingerprint density at radius 3 is 2.65 bits per heavy atom. The quantitative estimate of drug-likeness (QED) is 0.878. The Balaban J connectivity index is 1.78. The Morgan fingerprint density at radius 1 is 1.35 bits per heavy atom. The van der Waals surface area contributed by atoms with Crippen molar-refractivity contribution in [2.24, 2.45) is 5.92 Å². The van der Waals surface area contributed by atoms with Gasteiger partial charge in [0, 0.05) is 31.6 Å². The number of likely N-dealkylation sites (tertiary alicyclic amines) is 1. The predicted octanol–water partition coefficient (Wildman–Crippen LogP) is 3.08. The van der Waals surface area contributed by atoms with Gasteiger partial charge in [-0.3, -0.25) is 4.79 Å². The van der Waals surface area contributed by atoms with Crippen LogP contribution < -0.4 is 5.32 Å². The van der Waals surface area contributed by atoms with Crippen LogP contribution in [0.3, 0.4) is 0 Å². The average Bonchev–Trinajstić information content (AvgIpc) is 2.61. The van der Waals surface area contributed by atoms with Crippen LogP contribution in [-0.2, 0) is 11.3 Å². The molecule has 23 heavy (non-hydrogen) atoms. The molecule has 1 fully saturated rings. The lowest BCUT2D eigenvalue weighted by Gasteiger charge is -2.34. The third-order valence-electron chi connectivity index (χ3n) is 4.79. The highest BCUT2D eigenvalue weighted by Crippen LogP contribution is 2.17. The highest BCUT2D eigenvalue weighted by Gasteiger charge is 2.26. The minimum Gasteiger partial charge on any atom is -0.342 e. The van der Waals surface area contributed by atoms with Gasteiger partial charge in [-0.1, -0.05) is 26.0 Å². The lowest BCUT2D eigenvalue weighted by atomic mass is 9.98. The fraction of sp³-hybridized carbons (Fsp3) is 0.579. The molecule has 1 aromatic rings. The molecule has 0 unspecified atom stereocenters. The highest BCUT2D eigenvalue weighted by atomic mass is 16.2. The first-order valence-corrected chi connectivity index (χ1v) is 8.69. The van der Waals surface area contributed by atoms with Crippen LogP contribution in [0.4, 0.5) is 0 Å². The molecule has 1 aromatic carbocycles. The van der Waals surface area contributed by atoms with Gasteiger partial charge in [0.1, 0.15) is 0 Å². The van der Waals surface area contributed by atoms with Crippen molar-refractivity contribution < 1.29 is 4.79 Å². The van der Waals surface area contributed by atoms with Crippen LogP contribution in [0.5, 0.6) is 0 Å². The molecule has 0 bridgehead atoms. The zero-order valence-corrected chi connectivity index (χ0v) is 14.2. The first kappa shape index (κ1) is 17.5. The van der Waals surface area contributed by atoms with Crippen molar-refractivity contribution in [1.82, 2.24) is 10.2 Å². The van der Waals surface area contributed by atoms with Gasteiger partial charge in [0.15, 0.2) is 0 Å². The minimum absolute atomic E-state index is 0.188. The largest absolute Gasteiger partial charge is 0.342 e. The zero-order valence-electron chi connectivity index (χ0n) is 14.2. The van der Waals surface area contributed by atoms with Gasteiger partial charge in [-0.25, -0.2) is 0 Å². The number of hydrogen-bond acceptors (Lipinski definition) is 3. The molecule has 1 N–H and O–H groups in total. The summed E-state index contributed by atoms with van der Waals surface area (Å²) in [5.74, 6) is 0.517. The SMILES string of the molecule is CCC(CC)C(=O)N1CCC(NCc2cccc(C#N)c2)CC1. The van der Waals surface area contributed by atoms with E-state index in [9.17, 15) is 4.79 Å². The number of benzene rings is 1. The minimum atomic E-state index is 0.188. The van der Waals surface area contributed by atoms with Crippen molar-refractivity contribution >= 4 is 5.91 Å². The van der Waals surface area contributed by atoms with Crippen LogP contribution in [0.15, 0.2) is 24.3 Å². The number of nitriles is 1. The van der Waals surface area contributed by atoms with Crippen molar-refractivity contribution in [2.75, 3.05) is 13.1 Å². The number of nitrogens with one attached hydrogen (secondary N) is 1. The van der Waals surface area contributed by atoms with Gasteiger partial charge in [0.05, 0.1) is 11.6 Å². The van der Waals surface area contributed by atoms with Gasteiger partial charge in [0.2, 0.25) is 5.91 Å². The molecule has 124 valence electrons. The summed E-state index contributed by atoms with van der Waals surface area (Å²) in [6.07, 6.45) is 3.87. The van der Waals surface area contributed by atoms with E-state index in [1.165, 1.54) is 0 Å². The number of carbonyl (C=O) groups is 1. The van der Waals surface area contributed by atoms with Crippen LogP contribution in [0.2, 0.25) is 0 Å². The molecule has 0 aliphatic carbocycles. The normalized spacial score (nSPS) is 15.7.